The first-order chi connectivity index (χ1) is 6.77. The van der Waals surface area contributed by atoms with Crippen molar-refractivity contribution < 1.29 is 9.84 Å². The summed E-state index contributed by atoms with van der Waals surface area (Å²) in [7, 11) is 0. The Balaban J connectivity index is 2.18. The Hall–Kier alpha value is -0.580. The molecule has 0 aromatic heterocycles. The van der Waals surface area contributed by atoms with Gasteiger partial charge in [-0.15, -0.1) is 0 Å². The van der Waals surface area contributed by atoms with E-state index in [0.717, 1.165) is 25.3 Å². The maximum atomic E-state index is 9.51. The molecule has 1 atom stereocenters. The lowest BCUT2D eigenvalue weighted by atomic mass is 10.1. The van der Waals surface area contributed by atoms with Gasteiger partial charge < -0.3 is 15.2 Å². The van der Waals surface area contributed by atoms with Crippen LogP contribution < -0.4 is 5.32 Å². The van der Waals surface area contributed by atoms with Gasteiger partial charge >= 0.3 is 0 Å². The molecule has 14 heavy (non-hydrogen) atoms. The van der Waals surface area contributed by atoms with E-state index in [1.165, 1.54) is 0 Å². The lowest BCUT2D eigenvalue weighted by Gasteiger charge is -2.24. The predicted octanol–water partition coefficient (Wildman–Crippen LogP) is 1.82. The van der Waals surface area contributed by atoms with Crippen LogP contribution in [0.2, 0.25) is 0 Å². The van der Waals surface area contributed by atoms with Gasteiger partial charge in [0.2, 0.25) is 0 Å². The van der Waals surface area contributed by atoms with Crippen LogP contribution in [0.15, 0.2) is 22.7 Å². The molecule has 0 amide bonds. The standard InChI is InChI=1S/C10H12BrNO2/c11-8-2-1-7(5-9(8)13)10-6-12-3-4-14-10/h1-2,5,10,12-13H,3-4,6H2. The Kier molecular flexibility index (Phi) is 3.05. The molecule has 1 aliphatic heterocycles. The highest BCUT2D eigenvalue weighted by atomic mass is 79.9. The molecule has 1 heterocycles. The molecule has 3 nitrogen and oxygen atoms in total. The molecule has 1 aromatic carbocycles. The van der Waals surface area contributed by atoms with E-state index < -0.39 is 0 Å². The minimum atomic E-state index is 0.0581. The summed E-state index contributed by atoms with van der Waals surface area (Å²) in [6, 6.07) is 5.53. The molecule has 1 aromatic rings. The third-order valence-electron chi connectivity index (χ3n) is 2.27. The maximum Gasteiger partial charge on any atom is 0.130 e. The Bertz CT molecular complexity index is 324. The Labute approximate surface area is 91.2 Å². The topological polar surface area (TPSA) is 41.5 Å². The Morgan fingerprint density at radius 2 is 2.36 bits per heavy atom. The minimum Gasteiger partial charge on any atom is -0.507 e. The van der Waals surface area contributed by atoms with Gasteiger partial charge in [-0.05, 0) is 33.6 Å². The van der Waals surface area contributed by atoms with Gasteiger partial charge in [0.05, 0.1) is 17.2 Å². The second-order valence-electron chi connectivity index (χ2n) is 3.27. The summed E-state index contributed by atoms with van der Waals surface area (Å²) in [5.74, 6) is 0.261. The Morgan fingerprint density at radius 1 is 1.50 bits per heavy atom. The fourth-order valence-corrected chi connectivity index (χ4v) is 1.76. The molecule has 1 saturated heterocycles. The predicted molar refractivity (Wildman–Crippen MR) is 57.4 cm³/mol. The normalized spacial score (nSPS) is 22.2. The van der Waals surface area contributed by atoms with E-state index in [4.69, 9.17) is 4.74 Å². The zero-order valence-electron chi connectivity index (χ0n) is 7.66. The van der Waals surface area contributed by atoms with Gasteiger partial charge in [0.25, 0.3) is 0 Å². The lowest BCUT2D eigenvalue weighted by Crippen LogP contribution is -2.33. The number of hydrogen-bond acceptors (Lipinski definition) is 3. The highest BCUT2D eigenvalue weighted by Crippen LogP contribution is 2.28. The van der Waals surface area contributed by atoms with Crippen molar-refractivity contribution in [3.05, 3.63) is 28.2 Å². The number of rotatable bonds is 1. The molecule has 0 spiro atoms. The smallest absolute Gasteiger partial charge is 0.130 e. The van der Waals surface area contributed by atoms with E-state index in [2.05, 4.69) is 21.2 Å². The first-order valence-corrected chi connectivity index (χ1v) is 5.37. The second kappa shape index (κ2) is 4.29. The quantitative estimate of drug-likeness (QED) is 0.807. The number of benzene rings is 1. The van der Waals surface area contributed by atoms with E-state index in [1.807, 2.05) is 12.1 Å². The van der Waals surface area contributed by atoms with E-state index in [-0.39, 0.29) is 11.9 Å². The number of nitrogens with one attached hydrogen (secondary N) is 1. The van der Waals surface area contributed by atoms with Crippen molar-refractivity contribution in [3.63, 3.8) is 0 Å². The van der Waals surface area contributed by atoms with Crippen LogP contribution in [0.1, 0.15) is 11.7 Å². The largest absolute Gasteiger partial charge is 0.507 e. The van der Waals surface area contributed by atoms with Gasteiger partial charge in [0, 0.05) is 13.1 Å². The van der Waals surface area contributed by atoms with Crippen LogP contribution in [0.25, 0.3) is 0 Å². The number of aromatic hydroxyl groups is 1. The van der Waals surface area contributed by atoms with Gasteiger partial charge in [0.1, 0.15) is 5.75 Å². The number of ether oxygens (including phenoxy) is 1. The lowest BCUT2D eigenvalue weighted by molar-refractivity contribution is 0.0276. The number of hydrogen-bond donors (Lipinski definition) is 2. The molecule has 0 radical (unpaired) electrons. The third-order valence-corrected chi connectivity index (χ3v) is 2.94. The van der Waals surface area contributed by atoms with Gasteiger partial charge in [-0.1, -0.05) is 6.07 Å². The average molecular weight is 258 g/mol. The molecular formula is C10H12BrNO2. The summed E-state index contributed by atoms with van der Waals surface area (Å²) in [6.07, 6.45) is 0.0581. The Morgan fingerprint density at radius 3 is 3.00 bits per heavy atom. The zero-order chi connectivity index (χ0) is 9.97. The van der Waals surface area contributed by atoms with Crippen LogP contribution >= 0.6 is 15.9 Å². The van der Waals surface area contributed by atoms with Crippen molar-refractivity contribution in [2.75, 3.05) is 19.7 Å². The summed E-state index contributed by atoms with van der Waals surface area (Å²) in [5, 5.41) is 12.8. The molecule has 1 unspecified atom stereocenters. The summed E-state index contributed by atoms with van der Waals surface area (Å²) >= 11 is 3.25. The molecule has 4 heteroatoms. The van der Waals surface area contributed by atoms with Crippen molar-refractivity contribution in [2.24, 2.45) is 0 Å². The molecule has 2 rings (SSSR count). The van der Waals surface area contributed by atoms with Gasteiger partial charge in [0.15, 0.2) is 0 Å². The van der Waals surface area contributed by atoms with E-state index in [1.54, 1.807) is 6.07 Å². The van der Waals surface area contributed by atoms with Crippen LogP contribution in [-0.4, -0.2) is 24.8 Å². The van der Waals surface area contributed by atoms with Crippen molar-refractivity contribution in [3.8, 4) is 5.75 Å². The molecule has 76 valence electrons. The van der Waals surface area contributed by atoms with E-state index in [9.17, 15) is 5.11 Å². The molecular weight excluding hydrogens is 246 g/mol. The highest BCUT2D eigenvalue weighted by Gasteiger charge is 2.16. The van der Waals surface area contributed by atoms with Crippen LogP contribution in [0.5, 0.6) is 5.75 Å². The number of halogens is 1. The van der Waals surface area contributed by atoms with Crippen LogP contribution in [-0.2, 0) is 4.74 Å². The number of phenolic OH excluding ortho intramolecular Hbond substituents is 1. The molecule has 0 saturated carbocycles. The van der Waals surface area contributed by atoms with Crippen LogP contribution in [0, 0.1) is 0 Å². The second-order valence-corrected chi connectivity index (χ2v) is 4.13. The van der Waals surface area contributed by atoms with Crippen LogP contribution in [0.4, 0.5) is 0 Å². The van der Waals surface area contributed by atoms with Gasteiger partial charge in [-0.3, -0.25) is 0 Å². The summed E-state index contributed by atoms with van der Waals surface area (Å²) in [6.45, 7) is 2.43. The minimum absolute atomic E-state index is 0.0581. The van der Waals surface area contributed by atoms with E-state index in [0.29, 0.717) is 4.47 Å². The van der Waals surface area contributed by atoms with Crippen molar-refractivity contribution >= 4 is 15.9 Å². The SMILES string of the molecule is Oc1cc(C2CNCCO2)ccc1Br. The van der Waals surface area contributed by atoms with Crippen molar-refractivity contribution in [1.82, 2.24) is 5.32 Å². The van der Waals surface area contributed by atoms with Crippen molar-refractivity contribution in [1.29, 1.82) is 0 Å². The van der Waals surface area contributed by atoms with Crippen LogP contribution in [0.3, 0.4) is 0 Å². The number of phenols is 1. The maximum absolute atomic E-state index is 9.51. The monoisotopic (exact) mass is 257 g/mol. The molecule has 2 N–H and O–H groups in total. The van der Waals surface area contributed by atoms with Gasteiger partial charge in [-0.25, -0.2) is 0 Å². The summed E-state index contributed by atoms with van der Waals surface area (Å²) < 4.78 is 6.28. The first-order valence-electron chi connectivity index (χ1n) is 4.58. The molecule has 0 aliphatic carbocycles. The molecule has 1 fully saturated rings. The molecule has 0 bridgehead atoms. The number of morpholine rings is 1. The summed E-state index contributed by atoms with van der Waals surface area (Å²) in [5.41, 5.74) is 1.01. The third kappa shape index (κ3) is 2.08. The summed E-state index contributed by atoms with van der Waals surface area (Å²) in [4.78, 5) is 0. The fourth-order valence-electron chi connectivity index (χ4n) is 1.51. The van der Waals surface area contributed by atoms with E-state index >= 15 is 0 Å². The fraction of sp³-hybridized carbons (Fsp3) is 0.400. The first kappa shape index (κ1) is 9.96. The molecule has 1 aliphatic rings. The van der Waals surface area contributed by atoms with Crippen molar-refractivity contribution in [2.45, 2.75) is 6.10 Å². The zero-order valence-corrected chi connectivity index (χ0v) is 9.25. The highest BCUT2D eigenvalue weighted by molar-refractivity contribution is 9.10. The van der Waals surface area contributed by atoms with Gasteiger partial charge in [-0.2, -0.15) is 0 Å². The average Bonchev–Trinajstić information content (AvgIpc) is 2.23.